The summed E-state index contributed by atoms with van der Waals surface area (Å²) < 4.78 is 10.2. The lowest BCUT2D eigenvalue weighted by molar-refractivity contribution is -0.147. The molecule has 0 saturated heterocycles. The number of nitrogens with zero attached hydrogens (tertiary/aromatic N) is 1. The Morgan fingerprint density at radius 2 is 1.89 bits per heavy atom. The maximum atomic E-state index is 12.2. The number of hydrogen-bond acceptors (Lipinski definition) is 6. The van der Waals surface area contributed by atoms with Crippen molar-refractivity contribution in [1.82, 2.24) is 0 Å². The highest BCUT2D eigenvalue weighted by Gasteiger charge is 2.25. The number of benzene rings is 2. The molecule has 0 spiro atoms. The standard InChI is InChI=1S/C20H20N2O5S/c1-26-16-8-4-2-6-14(16)21-18(23)12-27-20(25)10-11-22-15-7-3-5-9-17(15)28-13-19(22)24/h2-9H,10-13H2,1H3,(H,21,23). The van der Waals surface area contributed by atoms with Crippen LogP contribution in [0.3, 0.4) is 0 Å². The predicted molar refractivity (Wildman–Crippen MR) is 107 cm³/mol. The Kier molecular flexibility index (Phi) is 6.54. The minimum absolute atomic E-state index is 0.00663. The molecule has 1 N–H and O–H groups in total. The van der Waals surface area contributed by atoms with E-state index >= 15 is 0 Å². The molecular weight excluding hydrogens is 380 g/mol. The molecule has 0 radical (unpaired) electrons. The van der Waals surface area contributed by atoms with E-state index in [-0.39, 0.29) is 18.9 Å². The Balaban J connectivity index is 1.48. The van der Waals surface area contributed by atoms with Gasteiger partial charge in [0.15, 0.2) is 6.61 Å². The maximum Gasteiger partial charge on any atom is 0.308 e. The first-order valence-corrected chi connectivity index (χ1v) is 9.67. The number of fused-ring (bicyclic) bond motifs is 1. The number of carbonyl (C=O) groups is 3. The summed E-state index contributed by atoms with van der Waals surface area (Å²) in [4.78, 5) is 38.8. The SMILES string of the molecule is COc1ccccc1NC(=O)COC(=O)CCN1C(=O)CSc2ccccc21. The van der Waals surface area contributed by atoms with Crippen molar-refractivity contribution in [2.24, 2.45) is 0 Å². The van der Waals surface area contributed by atoms with Gasteiger partial charge in [0.1, 0.15) is 5.75 Å². The Hall–Kier alpha value is -3.00. The van der Waals surface area contributed by atoms with E-state index in [4.69, 9.17) is 9.47 Å². The van der Waals surface area contributed by atoms with Gasteiger partial charge in [-0.3, -0.25) is 14.4 Å². The van der Waals surface area contributed by atoms with Crippen LogP contribution >= 0.6 is 11.8 Å². The quantitative estimate of drug-likeness (QED) is 0.720. The van der Waals surface area contributed by atoms with Gasteiger partial charge in [0.05, 0.1) is 30.7 Å². The van der Waals surface area contributed by atoms with Crippen LogP contribution in [-0.4, -0.2) is 43.8 Å². The number of carbonyl (C=O) groups excluding carboxylic acids is 3. The zero-order valence-corrected chi connectivity index (χ0v) is 16.2. The molecule has 3 rings (SSSR count). The second kappa shape index (κ2) is 9.27. The van der Waals surface area contributed by atoms with E-state index in [1.807, 2.05) is 24.3 Å². The molecule has 1 heterocycles. The number of para-hydroxylation sites is 3. The van der Waals surface area contributed by atoms with Crippen LogP contribution < -0.4 is 15.0 Å². The van der Waals surface area contributed by atoms with Crippen molar-refractivity contribution >= 4 is 40.9 Å². The summed E-state index contributed by atoms with van der Waals surface area (Å²) in [6.45, 7) is -0.194. The molecule has 0 atom stereocenters. The Bertz CT molecular complexity index is 886. The third-order valence-corrected chi connectivity index (χ3v) is 5.14. The Labute approximate surface area is 167 Å². The average Bonchev–Trinajstić information content (AvgIpc) is 2.72. The zero-order chi connectivity index (χ0) is 19.9. The monoisotopic (exact) mass is 400 g/mol. The maximum absolute atomic E-state index is 12.2. The fraction of sp³-hybridized carbons (Fsp3) is 0.250. The highest BCUT2D eigenvalue weighted by atomic mass is 32.2. The van der Waals surface area contributed by atoms with Gasteiger partial charge in [-0.1, -0.05) is 24.3 Å². The van der Waals surface area contributed by atoms with Gasteiger partial charge < -0.3 is 19.7 Å². The summed E-state index contributed by atoms with van der Waals surface area (Å²) in [7, 11) is 1.50. The van der Waals surface area contributed by atoms with Gasteiger partial charge in [0, 0.05) is 11.4 Å². The van der Waals surface area contributed by atoms with Crippen LogP contribution in [0.1, 0.15) is 6.42 Å². The molecule has 0 saturated carbocycles. The molecule has 1 aliphatic heterocycles. The van der Waals surface area contributed by atoms with Crippen molar-refractivity contribution in [3.63, 3.8) is 0 Å². The van der Waals surface area contributed by atoms with E-state index in [1.54, 1.807) is 29.2 Å². The fourth-order valence-electron chi connectivity index (χ4n) is 2.75. The van der Waals surface area contributed by atoms with Gasteiger partial charge in [-0.15, -0.1) is 11.8 Å². The van der Waals surface area contributed by atoms with E-state index in [0.717, 1.165) is 10.6 Å². The number of methoxy groups -OCH3 is 1. The Morgan fingerprint density at radius 1 is 1.14 bits per heavy atom. The molecule has 0 aromatic heterocycles. The summed E-state index contributed by atoms with van der Waals surface area (Å²) in [5.74, 6) is -0.201. The molecule has 146 valence electrons. The van der Waals surface area contributed by atoms with E-state index < -0.39 is 18.5 Å². The van der Waals surface area contributed by atoms with Gasteiger partial charge in [0.25, 0.3) is 5.91 Å². The van der Waals surface area contributed by atoms with Crippen LogP contribution in [0.25, 0.3) is 0 Å². The van der Waals surface area contributed by atoms with Gasteiger partial charge in [-0.25, -0.2) is 0 Å². The number of amides is 2. The molecule has 8 heteroatoms. The van der Waals surface area contributed by atoms with Crippen molar-refractivity contribution in [3.8, 4) is 5.75 Å². The van der Waals surface area contributed by atoms with Crippen molar-refractivity contribution < 1.29 is 23.9 Å². The van der Waals surface area contributed by atoms with E-state index in [2.05, 4.69) is 5.32 Å². The number of hydrogen-bond donors (Lipinski definition) is 1. The van der Waals surface area contributed by atoms with Crippen LogP contribution in [0.2, 0.25) is 0 Å². The molecule has 2 amide bonds. The number of ether oxygens (including phenoxy) is 2. The largest absolute Gasteiger partial charge is 0.495 e. The lowest BCUT2D eigenvalue weighted by Crippen LogP contribution is -2.37. The first-order chi connectivity index (χ1) is 13.6. The lowest BCUT2D eigenvalue weighted by Gasteiger charge is -2.28. The van der Waals surface area contributed by atoms with Crippen LogP contribution in [0, 0.1) is 0 Å². The Morgan fingerprint density at radius 3 is 2.71 bits per heavy atom. The summed E-state index contributed by atoms with van der Waals surface area (Å²) in [6, 6.07) is 14.5. The van der Waals surface area contributed by atoms with Gasteiger partial charge in [-0.2, -0.15) is 0 Å². The second-order valence-corrected chi connectivity index (χ2v) is 6.98. The molecule has 0 bridgehead atoms. The van der Waals surface area contributed by atoms with Gasteiger partial charge in [0.2, 0.25) is 5.91 Å². The second-order valence-electron chi connectivity index (χ2n) is 5.96. The van der Waals surface area contributed by atoms with E-state index in [9.17, 15) is 14.4 Å². The van der Waals surface area contributed by atoms with E-state index in [0.29, 0.717) is 17.2 Å². The van der Waals surface area contributed by atoms with Crippen molar-refractivity contribution in [1.29, 1.82) is 0 Å². The first-order valence-electron chi connectivity index (χ1n) is 8.69. The van der Waals surface area contributed by atoms with Crippen molar-refractivity contribution in [2.75, 3.05) is 36.2 Å². The molecule has 28 heavy (non-hydrogen) atoms. The number of esters is 1. The zero-order valence-electron chi connectivity index (χ0n) is 15.3. The van der Waals surface area contributed by atoms with Crippen LogP contribution in [0.15, 0.2) is 53.4 Å². The lowest BCUT2D eigenvalue weighted by atomic mass is 10.2. The summed E-state index contributed by atoms with van der Waals surface area (Å²) in [5, 5.41) is 2.63. The predicted octanol–water partition coefficient (Wildman–Crippen LogP) is 2.71. The summed E-state index contributed by atoms with van der Waals surface area (Å²) in [6.07, 6.45) is 0.00663. The molecular formula is C20H20N2O5S. The molecule has 7 nitrogen and oxygen atoms in total. The first kappa shape index (κ1) is 19.8. The molecule has 2 aromatic rings. The van der Waals surface area contributed by atoms with Crippen molar-refractivity contribution in [2.45, 2.75) is 11.3 Å². The summed E-state index contributed by atoms with van der Waals surface area (Å²) in [5.41, 5.74) is 1.30. The smallest absolute Gasteiger partial charge is 0.308 e. The fourth-order valence-corrected chi connectivity index (χ4v) is 3.69. The highest BCUT2D eigenvalue weighted by molar-refractivity contribution is 8.00. The number of nitrogens with one attached hydrogen (secondary N) is 1. The number of anilines is 2. The molecule has 0 aliphatic carbocycles. The van der Waals surface area contributed by atoms with Crippen molar-refractivity contribution in [3.05, 3.63) is 48.5 Å². The van der Waals surface area contributed by atoms with E-state index in [1.165, 1.54) is 18.9 Å². The van der Waals surface area contributed by atoms with Crippen LogP contribution in [-0.2, 0) is 19.1 Å². The number of rotatable bonds is 7. The average molecular weight is 400 g/mol. The highest BCUT2D eigenvalue weighted by Crippen LogP contribution is 2.34. The number of thioether (sulfide) groups is 1. The van der Waals surface area contributed by atoms with Gasteiger partial charge in [-0.05, 0) is 24.3 Å². The molecule has 0 unspecified atom stereocenters. The molecule has 2 aromatic carbocycles. The van der Waals surface area contributed by atoms with Crippen LogP contribution in [0.4, 0.5) is 11.4 Å². The third-order valence-electron chi connectivity index (χ3n) is 4.09. The molecule has 0 fully saturated rings. The minimum atomic E-state index is -0.543. The molecule has 1 aliphatic rings. The normalized spacial score (nSPS) is 12.9. The minimum Gasteiger partial charge on any atom is -0.495 e. The van der Waals surface area contributed by atoms with Gasteiger partial charge >= 0.3 is 5.97 Å². The van der Waals surface area contributed by atoms with Crippen LogP contribution in [0.5, 0.6) is 5.75 Å². The third kappa shape index (κ3) is 4.83. The topological polar surface area (TPSA) is 84.9 Å². The summed E-state index contributed by atoms with van der Waals surface area (Å²) >= 11 is 1.48.